The quantitative estimate of drug-likeness (QED) is 0.850. The summed E-state index contributed by atoms with van der Waals surface area (Å²) in [5, 5.41) is 3.81. The van der Waals surface area contributed by atoms with Gasteiger partial charge >= 0.3 is 0 Å². The van der Waals surface area contributed by atoms with Gasteiger partial charge in [-0.05, 0) is 37.6 Å². The second-order valence-corrected chi connectivity index (χ2v) is 5.64. The Morgan fingerprint density at radius 3 is 2.57 bits per heavy atom. The number of halogens is 1. The van der Waals surface area contributed by atoms with Gasteiger partial charge in [-0.15, -0.1) is 0 Å². The summed E-state index contributed by atoms with van der Waals surface area (Å²) in [4.78, 5) is 25.4. The molecule has 1 saturated heterocycles. The number of nitrogens with two attached hydrogens (primary N) is 1. The third kappa shape index (κ3) is 4.44. The van der Waals surface area contributed by atoms with Gasteiger partial charge in [0.05, 0.1) is 13.0 Å². The molecule has 3 N–H and O–H groups in total. The largest absolute Gasteiger partial charge is 0.368 e. The highest BCUT2D eigenvalue weighted by molar-refractivity contribution is 6.31. The molecule has 21 heavy (non-hydrogen) atoms. The lowest BCUT2D eigenvalue weighted by Gasteiger charge is -2.34. The van der Waals surface area contributed by atoms with Gasteiger partial charge in [-0.1, -0.05) is 29.8 Å². The smallest absolute Gasteiger partial charge is 0.237 e. The summed E-state index contributed by atoms with van der Waals surface area (Å²) in [5.41, 5.74) is 6.06. The van der Waals surface area contributed by atoms with Crippen molar-refractivity contribution < 1.29 is 9.59 Å². The van der Waals surface area contributed by atoms with Crippen LogP contribution in [0.1, 0.15) is 18.4 Å². The topological polar surface area (TPSA) is 75.4 Å². The molecule has 0 radical (unpaired) electrons. The Morgan fingerprint density at radius 2 is 1.95 bits per heavy atom. The molecule has 1 aliphatic heterocycles. The fraction of sp³-hybridized carbons (Fsp3) is 0.467. The molecule has 2 rings (SSSR count). The molecule has 0 aromatic heterocycles. The van der Waals surface area contributed by atoms with Crippen LogP contribution in [0, 0.1) is 0 Å². The van der Waals surface area contributed by atoms with Crippen LogP contribution in [0.15, 0.2) is 24.3 Å². The molecule has 1 heterocycles. The minimum Gasteiger partial charge on any atom is -0.368 e. The lowest BCUT2D eigenvalue weighted by atomic mass is 10.0. The third-order valence-electron chi connectivity index (χ3n) is 3.70. The van der Waals surface area contributed by atoms with Crippen LogP contribution in [0.2, 0.25) is 5.02 Å². The first kappa shape index (κ1) is 15.8. The standard InChI is InChI=1S/C15H20ClN3O2/c16-13-4-2-1-3-11(13)9-15(21)19(10-14(17)20)12-5-7-18-8-6-12/h1-4,12,18H,5-10H2,(H2,17,20). The third-order valence-corrected chi connectivity index (χ3v) is 4.06. The second kappa shape index (κ2) is 7.43. The van der Waals surface area contributed by atoms with Crippen LogP contribution in [0.25, 0.3) is 0 Å². The summed E-state index contributed by atoms with van der Waals surface area (Å²) >= 11 is 6.09. The molecule has 2 amide bonds. The van der Waals surface area contributed by atoms with Gasteiger partial charge in [-0.3, -0.25) is 9.59 Å². The summed E-state index contributed by atoms with van der Waals surface area (Å²) in [7, 11) is 0. The molecule has 0 bridgehead atoms. The van der Waals surface area contributed by atoms with Gasteiger partial charge < -0.3 is 16.0 Å². The van der Waals surface area contributed by atoms with Crippen LogP contribution in [0.4, 0.5) is 0 Å². The van der Waals surface area contributed by atoms with E-state index < -0.39 is 5.91 Å². The number of hydrogen-bond acceptors (Lipinski definition) is 3. The van der Waals surface area contributed by atoms with E-state index in [4.69, 9.17) is 17.3 Å². The van der Waals surface area contributed by atoms with Crippen LogP contribution < -0.4 is 11.1 Å². The molecule has 0 aliphatic carbocycles. The lowest BCUT2D eigenvalue weighted by Crippen LogP contribution is -2.49. The molecule has 5 nitrogen and oxygen atoms in total. The maximum absolute atomic E-state index is 12.5. The van der Waals surface area contributed by atoms with E-state index in [1.54, 1.807) is 11.0 Å². The average Bonchev–Trinajstić information content (AvgIpc) is 2.48. The number of carbonyl (C=O) groups excluding carboxylic acids is 2. The lowest BCUT2D eigenvalue weighted by molar-refractivity contribution is -0.137. The van der Waals surface area contributed by atoms with Crippen LogP contribution >= 0.6 is 11.6 Å². The summed E-state index contributed by atoms with van der Waals surface area (Å²) in [5.74, 6) is -0.588. The fourth-order valence-electron chi connectivity index (χ4n) is 2.61. The van der Waals surface area contributed by atoms with Crippen LogP contribution in [-0.4, -0.2) is 42.4 Å². The summed E-state index contributed by atoms with van der Waals surface area (Å²) in [6, 6.07) is 7.31. The van der Waals surface area contributed by atoms with Crippen molar-refractivity contribution in [1.29, 1.82) is 0 Å². The van der Waals surface area contributed by atoms with Crippen molar-refractivity contribution in [2.24, 2.45) is 5.73 Å². The van der Waals surface area contributed by atoms with Crippen molar-refractivity contribution in [3.63, 3.8) is 0 Å². The normalized spacial score (nSPS) is 15.7. The number of carbonyl (C=O) groups is 2. The van der Waals surface area contributed by atoms with E-state index in [-0.39, 0.29) is 24.9 Å². The van der Waals surface area contributed by atoms with Crippen molar-refractivity contribution >= 4 is 23.4 Å². The first-order chi connectivity index (χ1) is 10.1. The Morgan fingerprint density at radius 1 is 1.29 bits per heavy atom. The second-order valence-electron chi connectivity index (χ2n) is 5.24. The predicted molar refractivity (Wildman–Crippen MR) is 82.0 cm³/mol. The monoisotopic (exact) mass is 309 g/mol. The average molecular weight is 310 g/mol. The van der Waals surface area contributed by atoms with E-state index >= 15 is 0 Å². The van der Waals surface area contributed by atoms with Gasteiger partial charge in [0.2, 0.25) is 11.8 Å². The SMILES string of the molecule is NC(=O)CN(C(=O)Cc1ccccc1Cl)C1CCNCC1. The predicted octanol–water partition coefficient (Wildman–Crippen LogP) is 0.948. The highest BCUT2D eigenvalue weighted by atomic mass is 35.5. The molecular weight excluding hydrogens is 290 g/mol. The highest BCUT2D eigenvalue weighted by Gasteiger charge is 2.26. The van der Waals surface area contributed by atoms with Gasteiger partial charge in [0, 0.05) is 11.1 Å². The molecule has 1 aromatic rings. The number of nitrogens with one attached hydrogen (secondary N) is 1. The minimum absolute atomic E-state index is 0.0338. The molecule has 1 aliphatic rings. The number of benzene rings is 1. The zero-order valence-electron chi connectivity index (χ0n) is 11.8. The van der Waals surface area contributed by atoms with E-state index in [0.717, 1.165) is 31.5 Å². The number of primary amides is 1. The van der Waals surface area contributed by atoms with E-state index in [9.17, 15) is 9.59 Å². The molecule has 0 unspecified atom stereocenters. The van der Waals surface area contributed by atoms with Gasteiger partial charge in [0.25, 0.3) is 0 Å². The molecule has 1 fully saturated rings. The Labute approximate surface area is 129 Å². The maximum atomic E-state index is 12.5. The number of nitrogens with zero attached hydrogens (tertiary/aromatic N) is 1. The molecular formula is C15H20ClN3O2. The number of rotatable bonds is 5. The fourth-order valence-corrected chi connectivity index (χ4v) is 2.82. The molecule has 6 heteroatoms. The van der Waals surface area contributed by atoms with Crippen molar-refractivity contribution in [2.75, 3.05) is 19.6 Å². The van der Waals surface area contributed by atoms with Crippen molar-refractivity contribution in [3.05, 3.63) is 34.9 Å². The van der Waals surface area contributed by atoms with Gasteiger partial charge in [0.1, 0.15) is 0 Å². The molecule has 0 atom stereocenters. The highest BCUT2D eigenvalue weighted by Crippen LogP contribution is 2.18. The Balaban J connectivity index is 2.10. The van der Waals surface area contributed by atoms with Gasteiger partial charge in [0.15, 0.2) is 0 Å². The van der Waals surface area contributed by atoms with Gasteiger partial charge in [-0.25, -0.2) is 0 Å². The molecule has 1 aromatic carbocycles. The van der Waals surface area contributed by atoms with Gasteiger partial charge in [-0.2, -0.15) is 0 Å². The zero-order valence-corrected chi connectivity index (χ0v) is 12.6. The number of piperidine rings is 1. The Bertz CT molecular complexity index is 515. The minimum atomic E-state index is -0.485. The van der Waals surface area contributed by atoms with Crippen molar-refractivity contribution in [1.82, 2.24) is 10.2 Å². The van der Waals surface area contributed by atoms with E-state index in [2.05, 4.69) is 5.32 Å². The molecule has 0 spiro atoms. The summed E-state index contributed by atoms with van der Waals surface area (Å²) in [6.45, 7) is 1.66. The van der Waals surface area contributed by atoms with Crippen molar-refractivity contribution in [3.8, 4) is 0 Å². The maximum Gasteiger partial charge on any atom is 0.237 e. The van der Waals surface area contributed by atoms with E-state index in [1.165, 1.54) is 0 Å². The van der Waals surface area contributed by atoms with Crippen LogP contribution in [0.3, 0.4) is 0 Å². The molecule has 114 valence electrons. The molecule has 0 saturated carbocycles. The number of amides is 2. The van der Waals surface area contributed by atoms with Crippen LogP contribution in [-0.2, 0) is 16.0 Å². The van der Waals surface area contributed by atoms with E-state index in [1.807, 2.05) is 18.2 Å². The first-order valence-electron chi connectivity index (χ1n) is 7.10. The van der Waals surface area contributed by atoms with E-state index in [0.29, 0.717) is 5.02 Å². The Kier molecular flexibility index (Phi) is 5.59. The summed E-state index contributed by atoms with van der Waals surface area (Å²) in [6.07, 6.45) is 1.86. The Hall–Kier alpha value is -1.59. The zero-order chi connectivity index (χ0) is 15.2. The number of hydrogen-bond donors (Lipinski definition) is 2. The summed E-state index contributed by atoms with van der Waals surface area (Å²) < 4.78 is 0. The van der Waals surface area contributed by atoms with Crippen molar-refractivity contribution in [2.45, 2.75) is 25.3 Å². The van der Waals surface area contributed by atoms with Crippen LogP contribution in [0.5, 0.6) is 0 Å². The first-order valence-corrected chi connectivity index (χ1v) is 7.47.